The highest BCUT2D eigenvalue weighted by Crippen LogP contribution is 2.28. The SMILES string of the molecule is CCOC(=O)C1(C(=O)OCC)OOC(OC)O1. The van der Waals surface area contributed by atoms with Crippen molar-refractivity contribution in [2.75, 3.05) is 20.3 Å². The summed E-state index contributed by atoms with van der Waals surface area (Å²) in [7, 11) is 1.25. The van der Waals surface area contributed by atoms with Gasteiger partial charge in [-0.2, -0.15) is 9.78 Å². The first-order valence-electron chi connectivity index (χ1n) is 5.00. The summed E-state index contributed by atoms with van der Waals surface area (Å²) < 4.78 is 18.9. The maximum atomic E-state index is 11.6. The van der Waals surface area contributed by atoms with E-state index in [0.717, 1.165) is 0 Å². The molecule has 0 N–H and O–H groups in total. The zero-order chi connectivity index (χ0) is 12.9. The molecule has 1 atom stereocenters. The minimum atomic E-state index is -2.38. The summed E-state index contributed by atoms with van der Waals surface area (Å²) in [4.78, 5) is 32.4. The second-order valence-corrected chi connectivity index (χ2v) is 2.88. The summed E-state index contributed by atoms with van der Waals surface area (Å²) in [6.45, 7) is 1.93. The fourth-order valence-corrected chi connectivity index (χ4v) is 1.07. The number of hydrogen-bond acceptors (Lipinski definition) is 8. The molecule has 1 rings (SSSR count). The Bertz CT molecular complexity index is 271. The summed E-state index contributed by atoms with van der Waals surface area (Å²) in [5, 5.41) is 0. The van der Waals surface area contributed by atoms with Gasteiger partial charge in [-0.1, -0.05) is 0 Å². The van der Waals surface area contributed by atoms with Crippen molar-refractivity contribution in [3.63, 3.8) is 0 Å². The molecule has 0 saturated carbocycles. The number of carbonyl (C=O) groups is 2. The van der Waals surface area contributed by atoms with Crippen molar-refractivity contribution in [1.82, 2.24) is 0 Å². The third-order valence-electron chi connectivity index (χ3n) is 1.79. The van der Waals surface area contributed by atoms with Gasteiger partial charge in [0.05, 0.1) is 13.2 Å². The van der Waals surface area contributed by atoms with Crippen LogP contribution in [0.25, 0.3) is 0 Å². The van der Waals surface area contributed by atoms with Crippen molar-refractivity contribution in [3.05, 3.63) is 0 Å². The number of esters is 2. The van der Waals surface area contributed by atoms with Crippen molar-refractivity contribution in [1.29, 1.82) is 0 Å². The first-order chi connectivity index (χ1) is 8.10. The van der Waals surface area contributed by atoms with Crippen LogP contribution in [0.2, 0.25) is 0 Å². The van der Waals surface area contributed by atoms with Gasteiger partial charge in [-0.15, -0.1) is 0 Å². The van der Waals surface area contributed by atoms with Crippen LogP contribution in [0.5, 0.6) is 0 Å². The molecule has 1 aliphatic heterocycles. The zero-order valence-corrected chi connectivity index (χ0v) is 9.76. The molecule has 0 bridgehead atoms. The number of hydrogen-bond donors (Lipinski definition) is 0. The van der Waals surface area contributed by atoms with Crippen molar-refractivity contribution < 1.29 is 38.3 Å². The molecule has 0 aromatic carbocycles. The Hall–Kier alpha value is -1.22. The summed E-state index contributed by atoms with van der Waals surface area (Å²) in [5.74, 6) is -4.50. The van der Waals surface area contributed by atoms with Crippen LogP contribution in [0, 0.1) is 0 Å². The Morgan fingerprint density at radius 2 is 1.71 bits per heavy atom. The van der Waals surface area contributed by atoms with Crippen molar-refractivity contribution in [2.24, 2.45) is 0 Å². The van der Waals surface area contributed by atoms with Crippen LogP contribution >= 0.6 is 0 Å². The van der Waals surface area contributed by atoms with Gasteiger partial charge < -0.3 is 14.2 Å². The van der Waals surface area contributed by atoms with E-state index in [2.05, 4.69) is 24.0 Å². The molecule has 0 aromatic heterocycles. The molecule has 0 amide bonds. The molecule has 1 saturated heterocycles. The average molecular weight is 250 g/mol. The van der Waals surface area contributed by atoms with Gasteiger partial charge in [0.25, 0.3) is 0 Å². The normalized spacial score (nSPS) is 22.2. The fourth-order valence-electron chi connectivity index (χ4n) is 1.07. The molecule has 1 unspecified atom stereocenters. The van der Waals surface area contributed by atoms with E-state index in [1.54, 1.807) is 13.8 Å². The summed E-state index contributed by atoms with van der Waals surface area (Å²) >= 11 is 0. The molecule has 0 radical (unpaired) electrons. The molecule has 98 valence electrons. The van der Waals surface area contributed by atoms with Crippen LogP contribution in [0.3, 0.4) is 0 Å². The Labute approximate surface area is 97.6 Å². The van der Waals surface area contributed by atoms with Crippen molar-refractivity contribution in [3.8, 4) is 0 Å². The maximum Gasteiger partial charge on any atom is 0.401 e. The first kappa shape index (κ1) is 13.8. The van der Waals surface area contributed by atoms with E-state index in [-0.39, 0.29) is 13.2 Å². The lowest BCUT2D eigenvalue weighted by molar-refractivity contribution is -0.353. The number of ether oxygens (including phenoxy) is 4. The van der Waals surface area contributed by atoms with Crippen LogP contribution in [0.15, 0.2) is 0 Å². The maximum absolute atomic E-state index is 11.6. The topological polar surface area (TPSA) is 89.5 Å². The van der Waals surface area contributed by atoms with Gasteiger partial charge in [0, 0.05) is 7.11 Å². The van der Waals surface area contributed by atoms with Gasteiger partial charge in [0.1, 0.15) is 0 Å². The van der Waals surface area contributed by atoms with E-state index < -0.39 is 24.2 Å². The van der Waals surface area contributed by atoms with Gasteiger partial charge in [-0.25, -0.2) is 9.59 Å². The average Bonchev–Trinajstić information content (AvgIpc) is 2.75. The van der Waals surface area contributed by atoms with E-state index in [4.69, 9.17) is 4.74 Å². The van der Waals surface area contributed by atoms with Crippen LogP contribution in [0.1, 0.15) is 13.8 Å². The molecular weight excluding hydrogens is 236 g/mol. The molecule has 8 heteroatoms. The predicted molar refractivity (Wildman–Crippen MR) is 50.0 cm³/mol. The fraction of sp³-hybridized carbons (Fsp3) is 0.778. The Balaban J connectivity index is 2.86. The Kier molecular flexibility index (Phi) is 4.82. The molecular formula is C9H14O8. The van der Waals surface area contributed by atoms with Crippen LogP contribution in [0.4, 0.5) is 0 Å². The van der Waals surface area contributed by atoms with E-state index in [0.29, 0.717) is 0 Å². The van der Waals surface area contributed by atoms with Crippen LogP contribution in [-0.2, 0) is 38.3 Å². The lowest BCUT2D eigenvalue weighted by atomic mass is 10.3. The molecule has 1 aliphatic rings. The highest BCUT2D eigenvalue weighted by molar-refractivity contribution is 6.01. The quantitative estimate of drug-likeness (QED) is 0.374. The first-order valence-corrected chi connectivity index (χ1v) is 5.00. The summed E-state index contributed by atoms with van der Waals surface area (Å²) in [5.41, 5.74) is 0. The van der Waals surface area contributed by atoms with Gasteiger partial charge in [0.2, 0.25) is 0 Å². The van der Waals surface area contributed by atoms with Gasteiger partial charge in [-0.3, -0.25) is 4.74 Å². The van der Waals surface area contributed by atoms with E-state index in [1.807, 2.05) is 0 Å². The summed E-state index contributed by atoms with van der Waals surface area (Å²) in [6.07, 6.45) is 0. The molecule has 17 heavy (non-hydrogen) atoms. The highest BCUT2D eigenvalue weighted by Gasteiger charge is 2.60. The molecule has 0 aromatic rings. The lowest BCUT2D eigenvalue weighted by Crippen LogP contribution is -2.50. The minimum absolute atomic E-state index is 0.0460. The van der Waals surface area contributed by atoms with Gasteiger partial charge in [0.15, 0.2) is 0 Å². The van der Waals surface area contributed by atoms with Crippen LogP contribution in [-0.4, -0.2) is 44.5 Å². The van der Waals surface area contributed by atoms with Gasteiger partial charge >= 0.3 is 24.2 Å². The van der Waals surface area contributed by atoms with E-state index in [9.17, 15) is 9.59 Å². The molecule has 1 fully saturated rings. The molecule has 8 nitrogen and oxygen atoms in total. The second kappa shape index (κ2) is 5.92. The third kappa shape index (κ3) is 2.72. The number of rotatable bonds is 5. The molecule has 1 heterocycles. The standard InChI is InChI=1S/C9H14O8/c1-4-13-6(10)9(7(11)14-5-2)15-8(12-3)16-17-9/h8H,4-5H2,1-3H3. The highest BCUT2D eigenvalue weighted by atomic mass is 17.3. The second-order valence-electron chi connectivity index (χ2n) is 2.88. The largest absolute Gasteiger partial charge is 0.461 e. The molecule has 0 spiro atoms. The monoisotopic (exact) mass is 250 g/mol. The zero-order valence-electron chi connectivity index (χ0n) is 9.76. The molecule has 0 aliphatic carbocycles. The number of carbonyl (C=O) groups excluding carboxylic acids is 2. The van der Waals surface area contributed by atoms with E-state index in [1.165, 1.54) is 7.11 Å². The number of methoxy groups -OCH3 is 1. The smallest absolute Gasteiger partial charge is 0.401 e. The van der Waals surface area contributed by atoms with Crippen LogP contribution < -0.4 is 0 Å². The Morgan fingerprint density at radius 3 is 2.06 bits per heavy atom. The van der Waals surface area contributed by atoms with Crippen molar-refractivity contribution >= 4 is 11.9 Å². The minimum Gasteiger partial charge on any atom is -0.461 e. The predicted octanol–water partition coefficient (Wildman–Crippen LogP) is -0.283. The lowest BCUT2D eigenvalue weighted by Gasteiger charge is -2.19. The third-order valence-corrected chi connectivity index (χ3v) is 1.79. The van der Waals surface area contributed by atoms with Gasteiger partial charge in [-0.05, 0) is 13.8 Å². The Morgan fingerprint density at radius 1 is 1.18 bits per heavy atom. The van der Waals surface area contributed by atoms with Crippen molar-refractivity contribution in [2.45, 2.75) is 26.1 Å². The summed E-state index contributed by atoms with van der Waals surface area (Å²) in [6, 6.07) is 0. The van der Waals surface area contributed by atoms with E-state index >= 15 is 0 Å².